The highest BCUT2D eigenvalue weighted by atomic mass is 16.3. The molecule has 0 aromatic rings. The third-order valence-corrected chi connectivity index (χ3v) is 1.07. The minimum Gasteiger partial charge on any atom is -0.396 e. The summed E-state index contributed by atoms with van der Waals surface area (Å²) in [6.07, 6.45) is 5.33. The average Bonchev–Trinajstić information content (AvgIpc) is 1.88. The molecule has 0 aliphatic carbocycles. The van der Waals surface area contributed by atoms with Crippen LogP contribution in [0.5, 0.6) is 0 Å². The van der Waals surface area contributed by atoms with Gasteiger partial charge in [-0.3, -0.25) is 4.79 Å². The molecule has 0 rings (SSSR count). The number of hydrogen-bond donors (Lipinski definition) is 2. The van der Waals surface area contributed by atoms with Crippen LogP contribution in [0.25, 0.3) is 0 Å². The zero-order chi connectivity index (χ0) is 7.98. The first kappa shape index (κ1) is 8.99. The molecular weight excluding hydrogens is 130 g/mol. The van der Waals surface area contributed by atoms with Crippen molar-refractivity contribution >= 4 is 5.91 Å². The highest BCUT2D eigenvalue weighted by molar-refractivity contribution is 5.92. The Balaban J connectivity index is 3.49. The van der Waals surface area contributed by atoms with Crippen molar-refractivity contribution < 1.29 is 9.90 Å². The lowest BCUT2D eigenvalue weighted by molar-refractivity contribution is -0.116. The van der Waals surface area contributed by atoms with Gasteiger partial charge < -0.3 is 10.4 Å². The topological polar surface area (TPSA) is 49.3 Å². The van der Waals surface area contributed by atoms with Crippen LogP contribution >= 0.6 is 0 Å². The van der Waals surface area contributed by atoms with E-state index in [2.05, 4.69) is 5.32 Å². The molecule has 0 saturated heterocycles. The fourth-order valence-electron chi connectivity index (χ4n) is 0.531. The van der Waals surface area contributed by atoms with Crippen LogP contribution in [-0.2, 0) is 4.79 Å². The maximum atomic E-state index is 10.5. The molecule has 2 N–H and O–H groups in total. The molecule has 0 heterocycles. The average molecular weight is 141 g/mol. The first-order valence-corrected chi connectivity index (χ1v) is 3.08. The van der Waals surface area contributed by atoms with Crippen LogP contribution in [0.2, 0.25) is 0 Å². The highest BCUT2D eigenvalue weighted by Gasteiger charge is 2.01. The molecule has 0 aliphatic rings. The zero-order valence-electron chi connectivity index (χ0n) is 5.92. The summed E-state index contributed by atoms with van der Waals surface area (Å²) in [5.41, 5.74) is 0. The van der Waals surface area contributed by atoms with Gasteiger partial charge in [0.05, 0.1) is 0 Å². The Morgan fingerprint density at radius 1 is 1.90 bits per heavy atom. The predicted octanol–water partition coefficient (Wildman–Crippen LogP) is -0.493. The van der Waals surface area contributed by atoms with Crippen molar-refractivity contribution in [2.45, 2.75) is 19.4 Å². The third-order valence-electron chi connectivity index (χ3n) is 1.07. The van der Waals surface area contributed by atoms with Gasteiger partial charge in [0.25, 0.3) is 5.91 Å². The number of terminal acetylenes is 1. The molecule has 1 amide bonds. The summed E-state index contributed by atoms with van der Waals surface area (Å²) in [6.45, 7) is 1.84. The maximum absolute atomic E-state index is 10.5. The van der Waals surface area contributed by atoms with E-state index < -0.39 is 5.91 Å². The Morgan fingerprint density at radius 3 is 2.90 bits per heavy atom. The number of rotatable bonds is 3. The lowest BCUT2D eigenvalue weighted by atomic mass is 10.2. The minimum absolute atomic E-state index is 0.0476. The van der Waals surface area contributed by atoms with Crippen molar-refractivity contribution in [2.75, 3.05) is 6.61 Å². The molecule has 3 heteroatoms. The number of aliphatic hydroxyl groups excluding tert-OH is 1. The van der Waals surface area contributed by atoms with Gasteiger partial charge in [0.15, 0.2) is 0 Å². The van der Waals surface area contributed by atoms with E-state index in [9.17, 15) is 4.79 Å². The van der Waals surface area contributed by atoms with E-state index >= 15 is 0 Å². The van der Waals surface area contributed by atoms with Gasteiger partial charge in [-0.15, -0.1) is 6.42 Å². The minimum atomic E-state index is -0.430. The van der Waals surface area contributed by atoms with Gasteiger partial charge in [-0.1, -0.05) is 0 Å². The molecule has 0 bridgehead atoms. The van der Waals surface area contributed by atoms with Crippen LogP contribution < -0.4 is 5.32 Å². The molecule has 56 valence electrons. The van der Waals surface area contributed by atoms with Crippen LogP contribution in [0.3, 0.4) is 0 Å². The number of carbonyl (C=O) groups is 1. The summed E-state index contributed by atoms with van der Waals surface area (Å²) in [6, 6.07) is -0.0476. The summed E-state index contributed by atoms with van der Waals surface area (Å²) in [4.78, 5) is 10.5. The Hall–Kier alpha value is -1.01. The number of nitrogens with one attached hydrogen (secondary N) is 1. The molecule has 3 nitrogen and oxygen atoms in total. The zero-order valence-corrected chi connectivity index (χ0v) is 5.92. The van der Waals surface area contributed by atoms with E-state index in [1.54, 1.807) is 6.92 Å². The van der Waals surface area contributed by atoms with Crippen molar-refractivity contribution in [2.24, 2.45) is 0 Å². The van der Waals surface area contributed by atoms with E-state index in [0.717, 1.165) is 0 Å². The normalized spacial score (nSPS) is 11.7. The lowest BCUT2D eigenvalue weighted by Crippen LogP contribution is -2.31. The highest BCUT2D eigenvalue weighted by Crippen LogP contribution is 1.86. The summed E-state index contributed by atoms with van der Waals surface area (Å²) >= 11 is 0. The standard InChI is InChI=1S/C7H11NO2/c1-3-7(10)8-6(2)4-5-9/h1,6,9H,4-5H2,2H3,(H,8,10). The molecule has 0 spiro atoms. The fraction of sp³-hybridized carbons (Fsp3) is 0.571. The Bertz CT molecular complexity index is 148. The Labute approximate surface area is 60.4 Å². The molecule has 1 atom stereocenters. The van der Waals surface area contributed by atoms with Gasteiger partial charge in [0, 0.05) is 12.6 Å². The van der Waals surface area contributed by atoms with E-state index in [0.29, 0.717) is 6.42 Å². The molecule has 10 heavy (non-hydrogen) atoms. The molecule has 1 unspecified atom stereocenters. The van der Waals surface area contributed by atoms with Gasteiger partial charge in [-0.05, 0) is 19.3 Å². The predicted molar refractivity (Wildman–Crippen MR) is 38.1 cm³/mol. The second-order valence-electron chi connectivity index (χ2n) is 2.03. The quantitative estimate of drug-likeness (QED) is 0.521. The Morgan fingerprint density at radius 2 is 2.50 bits per heavy atom. The van der Waals surface area contributed by atoms with Crippen LogP contribution in [0.4, 0.5) is 0 Å². The van der Waals surface area contributed by atoms with Crippen LogP contribution in [0, 0.1) is 12.3 Å². The van der Waals surface area contributed by atoms with Crippen LogP contribution in [0.15, 0.2) is 0 Å². The summed E-state index contributed by atoms with van der Waals surface area (Å²) in [5.74, 6) is 1.49. The lowest BCUT2D eigenvalue weighted by Gasteiger charge is -2.08. The van der Waals surface area contributed by atoms with Crippen LogP contribution in [-0.4, -0.2) is 23.7 Å². The van der Waals surface area contributed by atoms with E-state index in [1.165, 1.54) is 0 Å². The fourth-order valence-corrected chi connectivity index (χ4v) is 0.531. The largest absolute Gasteiger partial charge is 0.396 e. The number of aliphatic hydroxyl groups is 1. The summed E-state index contributed by atoms with van der Waals surface area (Å²) in [7, 11) is 0. The molecule has 0 aliphatic heterocycles. The van der Waals surface area contributed by atoms with E-state index in [1.807, 2.05) is 5.92 Å². The van der Waals surface area contributed by atoms with E-state index in [-0.39, 0.29) is 12.6 Å². The van der Waals surface area contributed by atoms with Crippen molar-refractivity contribution in [1.82, 2.24) is 5.32 Å². The van der Waals surface area contributed by atoms with Gasteiger partial charge in [0.1, 0.15) is 0 Å². The SMILES string of the molecule is C#CC(=O)NC(C)CCO. The number of carbonyl (C=O) groups excluding carboxylic acids is 1. The third kappa shape index (κ3) is 3.93. The molecular formula is C7H11NO2. The summed E-state index contributed by atoms with van der Waals surface area (Å²) < 4.78 is 0. The maximum Gasteiger partial charge on any atom is 0.295 e. The number of amides is 1. The second kappa shape index (κ2) is 4.83. The van der Waals surface area contributed by atoms with Gasteiger partial charge >= 0.3 is 0 Å². The molecule has 0 radical (unpaired) electrons. The van der Waals surface area contributed by atoms with Crippen LogP contribution in [0.1, 0.15) is 13.3 Å². The first-order valence-electron chi connectivity index (χ1n) is 3.08. The van der Waals surface area contributed by atoms with Gasteiger partial charge in [-0.25, -0.2) is 0 Å². The van der Waals surface area contributed by atoms with Gasteiger partial charge in [0.2, 0.25) is 0 Å². The van der Waals surface area contributed by atoms with Crippen molar-refractivity contribution in [1.29, 1.82) is 0 Å². The molecule has 0 saturated carbocycles. The van der Waals surface area contributed by atoms with Gasteiger partial charge in [-0.2, -0.15) is 0 Å². The van der Waals surface area contributed by atoms with Crippen molar-refractivity contribution in [3.05, 3.63) is 0 Å². The monoisotopic (exact) mass is 141 g/mol. The first-order chi connectivity index (χ1) is 4.70. The number of hydrogen-bond acceptors (Lipinski definition) is 2. The molecule has 0 aromatic heterocycles. The van der Waals surface area contributed by atoms with Crippen molar-refractivity contribution in [3.8, 4) is 12.3 Å². The van der Waals surface area contributed by atoms with E-state index in [4.69, 9.17) is 11.5 Å². The Kier molecular flexibility index (Phi) is 4.34. The summed E-state index contributed by atoms with van der Waals surface area (Å²) in [5, 5.41) is 10.9. The second-order valence-corrected chi connectivity index (χ2v) is 2.03. The smallest absolute Gasteiger partial charge is 0.295 e. The van der Waals surface area contributed by atoms with Crippen molar-refractivity contribution in [3.63, 3.8) is 0 Å². The molecule has 0 fully saturated rings. The molecule has 0 aromatic carbocycles.